The van der Waals surface area contributed by atoms with Crippen LogP contribution in [0.4, 0.5) is 0 Å². The van der Waals surface area contributed by atoms with E-state index >= 15 is 0 Å². The Balaban J connectivity index is 1.73. The minimum Gasteiger partial charge on any atom is -0.497 e. The summed E-state index contributed by atoms with van der Waals surface area (Å²) in [4.78, 5) is 16.1. The number of carboxylic acids is 1. The van der Waals surface area contributed by atoms with Gasteiger partial charge < -0.3 is 9.84 Å². The predicted molar refractivity (Wildman–Crippen MR) is 118 cm³/mol. The molecule has 0 radical (unpaired) electrons. The van der Waals surface area contributed by atoms with E-state index in [-0.39, 0.29) is 0 Å². The summed E-state index contributed by atoms with van der Waals surface area (Å²) >= 11 is 0. The lowest BCUT2D eigenvalue weighted by atomic mass is 9.90. The van der Waals surface area contributed by atoms with Gasteiger partial charge in [0.2, 0.25) is 0 Å². The molecule has 1 aliphatic carbocycles. The van der Waals surface area contributed by atoms with Gasteiger partial charge in [-0.25, -0.2) is 0 Å². The number of carbonyl (C=O) groups is 1. The Hall–Kier alpha value is -3.66. The van der Waals surface area contributed by atoms with Gasteiger partial charge in [0, 0.05) is 17.3 Å². The van der Waals surface area contributed by atoms with Crippen LogP contribution < -0.4 is 4.74 Å². The Morgan fingerprint density at radius 3 is 2.50 bits per heavy atom. The summed E-state index contributed by atoms with van der Waals surface area (Å²) in [5.41, 5.74) is 6.21. The average molecular weight is 397 g/mol. The molecule has 0 fully saturated rings. The minimum atomic E-state index is -0.798. The highest BCUT2D eigenvalue weighted by Gasteiger charge is 2.19. The fourth-order valence-electron chi connectivity index (χ4n) is 3.64. The lowest BCUT2D eigenvalue weighted by Crippen LogP contribution is -2.12. The second-order valence-electron chi connectivity index (χ2n) is 7.33. The van der Waals surface area contributed by atoms with E-state index in [2.05, 4.69) is 18.2 Å². The molecule has 4 heteroatoms. The van der Waals surface area contributed by atoms with Crippen LogP contribution in [0.3, 0.4) is 0 Å². The van der Waals surface area contributed by atoms with Crippen molar-refractivity contribution in [1.29, 1.82) is 0 Å². The van der Waals surface area contributed by atoms with Gasteiger partial charge in [-0.1, -0.05) is 48.6 Å². The van der Waals surface area contributed by atoms with Gasteiger partial charge in [0.1, 0.15) is 5.75 Å². The number of pyridine rings is 1. The third-order valence-corrected chi connectivity index (χ3v) is 5.29. The van der Waals surface area contributed by atoms with Crippen LogP contribution in [0.1, 0.15) is 23.1 Å². The summed E-state index contributed by atoms with van der Waals surface area (Å²) in [6.45, 7) is 0. The number of allylic oxidation sites excluding steroid dienone is 3. The molecule has 0 saturated heterocycles. The SMILES string of the molecule is COc1ccc(-c2ncc(Cc3ccccc3)cc2C2=CCC(C(=O)O)C=C2)cc1. The maximum atomic E-state index is 11.3. The Kier molecular flexibility index (Phi) is 5.75. The molecule has 0 bridgehead atoms. The van der Waals surface area contributed by atoms with E-state index in [1.54, 1.807) is 13.2 Å². The zero-order valence-corrected chi connectivity index (χ0v) is 16.8. The van der Waals surface area contributed by atoms with Gasteiger partial charge in [0.15, 0.2) is 0 Å². The first-order valence-corrected chi connectivity index (χ1v) is 9.93. The van der Waals surface area contributed by atoms with Gasteiger partial charge in [-0.05, 0) is 59.9 Å². The van der Waals surface area contributed by atoms with E-state index in [1.165, 1.54) is 5.56 Å². The number of hydrogen-bond acceptors (Lipinski definition) is 3. The second kappa shape index (κ2) is 8.78. The topological polar surface area (TPSA) is 59.4 Å². The first-order valence-electron chi connectivity index (χ1n) is 9.93. The molecule has 0 amide bonds. The van der Waals surface area contributed by atoms with Crippen molar-refractivity contribution < 1.29 is 14.6 Å². The van der Waals surface area contributed by atoms with Gasteiger partial charge in [0.25, 0.3) is 0 Å². The van der Waals surface area contributed by atoms with E-state index in [0.717, 1.165) is 40.1 Å². The number of methoxy groups -OCH3 is 1. The number of ether oxygens (including phenoxy) is 1. The van der Waals surface area contributed by atoms with E-state index in [4.69, 9.17) is 9.72 Å². The Bertz CT molecular complexity index is 1100. The highest BCUT2D eigenvalue weighted by atomic mass is 16.5. The number of carboxylic acid groups (broad SMARTS) is 1. The van der Waals surface area contributed by atoms with Crippen molar-refractivity contribution in [3.05, 3.63) is 102 Å². The average Bonchev–Trinajstić information content (AvgIpc) is 2.80. The highest BCUT2D eigenvalue weighted by molar-refractivity contribution is 5.86. The molecule has 2 aromatic carbocycles. The maximum Gasteiger partial charge on any atom is 0.310 e. The number of aromatic nitrogens is 1. The molecule has 30 heavy (non-hydrogen) atoms. The standard InChI is InChI=1S/C26H23NO3/c1-30-23-13-11-21(12-14-23)25-24(20-7-9-22(10-8-20)26(28)29)16-19(17-27-25)15-18-5-3-2-4-6-18/h2-9,11-14,16-17,22H,10,15H2,1H3,(H,28,29). The third-order valence-electron chi connectivity index (χ3n) is 5.29. The van der Waals surface area contributed by atoms with Crippen molar-refractivity contribution in [2.24, 2.45) is 5.92 Å². The molecule has 1 heterocycles. The molecular weight excluding hydrogens is 374 g/mol. The zero-order chi connectivity index (χ0) is 20.9. The van der Waals surface area contributed by atoms with Crippen molar-refractivity contribution in [3.8, 4) is 17.0 Å². The van der Waals surface area contributed by atoms with Crippen molar-refractivity contribution >= 4 is 11.5 Å². The number of hydrogen-bond donors (Lipinski definition) is 1. The van der Waals surface area contributed by atoms with E-state index in [0.29, 0.717) is 6.42 Å². The van der Waals surface area contributed by atoms with E-state index < -0.39 is 11.9 Å². The Labute approximate surface area is 176 Å². The summed E-state index contributed by atoms with van der Waals surface area (Å²) in [5, 5.41) is 9.28. The minimum absolute atomic E-state index is 0.473. The largest absolute Gasteiger partial charge is 0.497 e. The molecule has 1 N–H and O–H groups in total. The van der Waals surface area contributed by atoms with Gasteiger partial charge in [-0.15, -0.1) is 0 Å². The summed E-state index contributed by atoms with van der Waals surface area (Å²) in [5.74, 6) is -0.478. The van der Waals surface area contributed by atoms with E-state index in [1.807, 2.05) is 60.8 Å². The molecule has 1 unspecified atom stereocenters. The molecule has 3 aromatic rings. The smallest absolute Gasteiger partial charge is 0.310 e. The van der Waals surface area contributed by atoms with Crippen LogP contribution in [-0.4, -0.2) is 23.2 Å². The second-order valence-corrected chi connectivity index (χ2v) is 7.33. The molecule has 4 rings (SSSR count). The maximum absolute atomic E-state index is 11.3. The van der Waals surface area contributed by atoms with Crippen molar-refractivity contribution in [3.63, 3.8) is 0 Å². The molecule has 150 valence electrons. The van der Waals surface area contributed by atoms with Gasteiger partial charge in [0.05, 0.1) is 18.7 Å². The molecule has 0 saturated carbocycles. The normalized spacial score (nSPS) is 15.5. The molecule has 1 atom stereocenters. The van der Waals surface area contributed by atoms with Crippen molar-refractivity contribution in [1.82, 2.24) is 4.98 Å². The lowest BCUT2D eigenvalue weighted by Gasteiger charge is -2.17. The van der Waals surface area contributed by atoms with Gasteiger partial charge in [-0.3, -0.25) is 9.78 Å². The molecule has 4 nitrogen and oxygen atoms in total. The Morgan fingerprint density at radius 1 is 1.10 bits per heavy atom. The van der Waals surface area contributed by atoms with E-state index in [9.17, 15) is 9.90 Å². The van der Waals surface area contributed by atoms with Gasteiger partial charge in [-0.2, -0.15) is 0 Å². The predicted octanol–water partition coefficient (Wildman–Crippen LogP) is 5.39. The van der Waals surface area contributed by atoms with Crippen LogP contribution in [0.5, 0.6) is 5.75 Å². The van der Waals surface area contributed by atoms with Crippen LogP contribution in [0.25, 0.3) is 16.8 Å². The third kappa shape index (κ3) is 4.33. The first-order chi connectivity index (χ1) is 14.6. The number of nitrogens with zero attached hydrogens (tertiary/aromatic N) is 1. The first kappa shape index (κ1) is 19.6. The molecule has 1 aliphatic rings. The van der Waals surface area contributed by atoms with Crippen LogP contribution in [0, 0.1) is 5.92 Å². The zero-order valence-electron chi connectivity index (χ0n) is 16.8. The molecule has 0 aliphatic heterocycles. The summed E-state index contributed by atoms with van der Waals surface area (Å²) in [7, 11) is 1.65. The van der Waals surface area contributed by atoms with Crippen LogP contribution in [0.2, 0.25) is 0 Å². The lowest BCUT2D eigenvalue weighted by molar-refractivity contribution is -0.139. The summed E-state index contributed by atoms with van der Waals surface area (Å²) < 4.78 is 5.27. The van der Waals surface area contributed by atoms with Crippen LogP contribution >= 0.6 is 0 Å². The fourth-order valence-corrected chi connectivity index (χ4v) is 3.64. The number of benzene rings is 2. The summed E-state index contributed by atoms with van der Waals surface area (Å²) in [6, 6.07) is 20.3. The van der Waals surface area contributed by atoms with Crippen LogP contribution in [0.15, 0.2) is 85.1 Å². The highest BCUT2D eigenvalue weighted by Crippen LogP contribution is 2.33. The fraction of sp³-hybridized carbons (Fsp3) is 0.154. The quantitative estimate of drug-likeness (QED) is 0.606. The Morgan fingerprint density at radius 2 is 1.87 bits per heavy atom. The molecular formula is C26H23NO3. The van der Waals surface area contributed by atoms with Crippen molar-refractivity contribution in [2.45, 2.75) is 12.8 Å². The van der Waals surface area contributed by atoms with Gasteiger partial charge >= 0.3 is 5.97 Å². The molecule has 1 aromatic heterocycles. The monoisotopic (exact) mass is 397 g/mol. The number of aliphatic carboxylic acids is 1. The summed E-state index contributed by atoms with van der Waals surface area (Å²) in [6.07, 6.45) is 8.85. The van der Waals surface area contributed by atoms with Crippen LogP contribution in [-0.2, 0) is 11.2 Å². The van der Waals surface area contributed by atoms with Crippen molar-refractivity contribution in [2.75, 3.05) is 7.11 Å². The molecule has 0 spiro atoms. The number of rotatable bonds is 6.